The second kappa shape index (κ2) is 6.43. The van der Waals surface area contributed by atoms with E-state index in [1.54, 1.807) is 0 Å². The van der Waals surface area contributed by atoms with Crippen LogP contribution in [0.5, 0.6) is 0 Å². The number of amides is 1. The van der Waals surface area contributed by atoms with Gasteiger partial charge in [0.15, 0.2) is 9.84 Å². The monoisotopic (exact) mass is 311 g/mol. The van der Waals surface area contributed by atoms with Crippen molar-refractivity contribution in [1.82, 2.24) is 10.3 Å². The normalized spacial score (nSPS) is 18.1. The SMILES string of the molecule is CC(C(=O)NC1CCCCC1)S(=O)(=O)c1ccncc1N. The number of nitrogen functional groups attached to an aromatic ring is 1. The molecule has 1 aromatic rings. The van der Waals surface area contributed by atoms with Crippen LogP contribution in [0.3, 0.4) is 0 Å². The van der Waals surface area contributed by atoms with Gasteiger partial charge in [0.2, 0.25) is 5.91 Å². The van der Waals surface area contributed by atoms with E-state index in [0.717, 1.165) is 25.7 Å². The molecule has 116 valence electrons. The molecule has 1 aromatic heterocycles. The standard InChI is InChI=1S/C14H21N3O3S/c1-10(14(18)17-11-5-3-2-4-6-11)21(19,20)13-7-8-16-9-12(13)15/h7-11H,2-6,15H2,1H3,(H,17,18). The predicted octanol–water partition coefficient (Wildman–Crippen LogP) is 1.27. The number of aromatic nitrogens is 1. The van der Waals surface area contributed by atoms with Gasteiger partial charge in [-0.05, 0) is 25.8 Å². The van der Waals surface area contributed by atoms with Crippen molar-refractivity contribution in [2.24, 2.45) is 0 Å². The van der Waals surface area contributed by atoms with Crippen LogP contribution in [0, 0.1) is 0 Å². The van der Waals surface area contributed by atoms with Gasteiger partial charge < -0.3 is 11.1 Å². The highest BCUT2D eigenvalue weighted by Crippen LogP contribution is 2.22. The number of hydrogen-bond donors (Lipinski definition) is 2. The van der Waals surface area contributed by atoms with Crippen molar-refractivity contribution in [1.29, 1.82) is 0 Å². The van der Waals surface area contributed by atoms with Crippen LogP contribution >= 0.6 is 0 Å². The molecule has 1 aliphatic rings. The van der Waals surface area contributed by atoms with Crippen molar-refractivity contribution < 1.29 is 13.2 Å². The molecule has 1 atom stereocenters. The van der Waals surface area contributed by atoms with Gasteiger partial charge in [-0.3, -0.25) is 9.78 Å². The lowest BCUT2D eigenvalue weighted by Gasteiger charge is -2.24. The minimum atomic E-state index is -3.80. The topological polar surface area (TPSA) is 102 Å². The minimum absolute atomic E-state index is 0.0382. The lowest BCUT2D eigenvalue weighted by atomic mass is 9.95. The molecule has 1 heterocycles. The number of nitrogens with zero attached hydrogens (tertiary/aromatic N) is 1. The Morgan fingerprint density at radius 2 is 2.05 bits per heavy atom. The van der Waals surface area contributed by atoms with Gasteiger partial charge in [0.1, 0.15) is 5.25 Å². The van der Waals surface area contributed by atoms with Crippen LogP contribution in [0.2, 0.25) is 0 Å². The smallest absolute Gasteiger partial charge is 0.238 e. The van der Waals surface area contributed by atoms with Gasteiger partial charge in [0.05, 0.1) is 16.8 Å². The number of nitrogens with one attached hydrogen (secondary N) is 1. The Morgan fingerprint density at radius 3 is 2.67 bits per heavy atom. The molecule has 3 N–H and O–H groups in total. The molecule has 0 aromatic carbocycles. The Hall–Kier alpha value is -1.63. The van der Waals surface area contributed by atoms with Crippen molar-refractivity contribution in [2.75, 3.05) is 5.73 Å². The third kappa shape index (κ3) is 3.53. The van der Waals surface area contributed by atoms with E-state index in [4.69, 9.17) is 5.73 Å². The zero-order valence-corrected chi connectivity index (χ0v) is 12.9. The molecule has 1 fully saturated rings. The second-order valence-corrected chi connectivity index (χ2v) is 7.68. The maximum Gasteiger partial charge on any atom is 0.238 e. The predicted molar refractivity (Wildman–Crippen MR) is 80.3 cm³/mol. The summed E-state index contributed by atoms with van der Waals surface area (Å²) in [5.41, 5.74) is 5.72. The molecule has 0 spiro atoms. The molecule has 6 nitrogen and oxygen atoms in total. The molecular weight excluding hydrogens is 290 g/mol. The molecule has 1 saturated carbocycles. The van der Waals surface area contributed by atoms with E-state index >= 15 is 0 Å². The average Bonchev–Trinajstić information content (AvgIpc) is 2.47. The molecule has 0 radical (unpaired) electrons. The number of pyridine rings is 1. The summed E-state index contributed by atoms with van der Waals surface area (Å²) in [6, 6.07) is 1.41. The minimum Gasteiger partial charge on any atom is -0.396 e. The fourth-order valence-electron chi connectivity index (χ4n) is 2.55. The van der Waals surface area contributed by atoms with Crippen molar-refractivity contribution in [2.45, 2.75) is 55.2 Å². The maximum atomic E-state index is 12.5. The van der Waals surface area contributed by atoms with Crippen LogP contribution in [-0.2, 0) is 14.6 Å². The first-order chi connectivity index (χ1) is 9.93. The molecule has 7 heteroatoms. The van der Waals surface area contributed by atoms with Crippen molar-refractivity contribution in [3.8, 4) is 0 Å². The average molecular weight is 311 g/mol. The van der Waals surface area contributed by atoms with Crippen LogP contribution in [0.25, 0.3) is 0 Å². The first-order valence-corrected chi connectivity index (χ1v) is 8.71. The number of carbonyl (C=O) groups excluding carboxylic acids is 1. The molecule has 0 saturated heterocycles. The van der Waals surface area contributed by atoms with E-state index in [-0.39, 0.29) is 16.6 Å². The maximum absolute atomic E-state index is 12.5. The number of anilines is 1. The van der Waals surface area contributed by atoms with Crippen molar-refractivity contribution >= 4 is 21.4 Å². The molecule has 2 rings (SSSR count). The van der Waals surface area contributed by atoms with Crippen molar-refractivity contribution in [3.63, 3.8) is 0 Å². The van der Waals surface area contributed by atoms with Gasteiger partial charge in [-0.2, -0.15) is 0 Å². The van der Waals surface area contributed by atoms with E-state index in [0.29, 0.717) is 0 Å². The van der Waals surface area contributed by atoms with Crippen LogP contribution < -0.4 is 11.1 Å². The third-order valence-corrected chi connectivity index (χ3v) is 6.03. The van der Waals surface area contributed by atoms with Crippen LogP contribution in [0.4, 0.5) is 5.69 Å². The largest absolute Gasteiger partial charge is 0.396 e. The zero-order valence-electron chi connectivity index (χ0n) is 12.1. The summed E-state index contributed by atoms with van der Waals surface area (Å²) in [7, 11) is -3.80. The lowest BCUT2D eigenvalue weighted by Crippen LogP contribution is -2.44. The summed E-state index contributed by atoms with van der Waals surface area (Å²) < 4.78 is 24.9. The fraction of sp³-hybridized carbons (Fsp3) is 0.571. The first-order valence-electron chi connectivity index (χ1n) is 7.16. The molecule has 1 unspecified atom stereocenters. The van der Waals surface area contributed by atoms with Crippen LogP contribution in [-0.4, -0.2) is 30.6 Å². The number of carbonyl (C=O) groups is 1. The van der Waals surface area contributed by atoms with E-state index in [2.05, 4.69) is 10.3 Å². The van der Waals surface area contributed by atoms with Crippen molar-refractivity contribution in [3.05, 3.63) is 18.5 Å². The second-order valence-electron chi connectivity index (χ2n) is 5.44. The van der Waals surface area contributed by atoms with Gasteiger partial charge in [0, 0.05) is 12.2 Å². The Labute approximate surface area is 125 Å². The molecule has 1 aliphatic carbocycles. The van der Waals surface area contributed by atoms with Gasteiger partial charge in [-0.1, -0.05) is 19.3 Å². The summed E-state index contributed by atoms with van der Waals surface area (Å²) in [5, 5.41) is 1.68. The lowest BCUT2D eigenvalue weighted by molar-refractivity contribution is -0.121. The molecule has 0 bridgehead atoms. The van der Waals surface area contributed by atoms with E-state index in [9.17, 15) is 13.2 Å². The summed E-state index contributed by atoms with van der Waals surface area (Å²) in [5.74, 6) is -0.460. The zero-order chi connectivity index (χ0) is 15.5. The quantitative estimate of drug-likeness (QED) is 0.872. The Balaban J connectivity index is 2.12. The first kappa shape index (κ1) is 15.8. The summed E-state index contributed by atoms with van der Waals surface area (Å²) in [4.78, 5) is 15.9. The highest BCUT2D eigenvalue weighted by atomic mass is 32.2. The van der Waals surface area contributed by atoms with E-state index < -0.39 is 21.0 Å². The highest BCUT2D eigenvalue weighted by Gasteiger charge is 2.32. The highest BCUT2D eigenvalue weighted by molar-refractivity contribution is 7.93. The molecule has 0 aliphatic heterocycles. The van der Waals surface area contributed by atoms with Gasteiger partial charge in [-0.25, -0.2) is 8.42 Å². The van der Waals surface area contributed by atoms with E-state index in [1.807, 2.05) is 0 Å². The number of hydrogen-bond acceptors (Lipinski definition) is 5. The molecule has 21 heavy (non-hydrogen) atoms. The van der Waals surface area contributed by atoms with Crippen LogP contribution in [0.15, 0.2) is 23.4 Å². The number of sulfone groups is 1. The Bertz CT molecular complexity index is 610. The van der Waals surface area contributed by atoms with Gasteiger partial charge >= 0.3 is 0 Å². The summed E-state index contributed by atoms with van der Waals surface area (Å²) >= 11 is 0. The molecular formula is C14H21N3O3S. The third-order valence-electron chi connectivity index (χ3n) is 3.90. The number of nitrogens with two attached hydrogens (primary N) is 1. The van der Waals surface area contributed by atoms with Gasteiger partial charge in [-0.15, -0.1) is 0 Å². The van der Waals surface area contributed by atoms with Gasteiger partial charge in [0.25, 0.3) is 0 Å². The van der Waals surface area contributed by atoms with E-state index in [1.165, 1.54) is 31.8 Å². The Kier molecular flexibility index (Phi) is 4.82. The van der Waals surface area contributed by atoms with Crippen LogP contribution in [0.1, 0.15) is 39.0 Å². The Morgan fingerprint density at radius 1 is 1.38 bits per heavy atom. The fourth-order valence-corrected chi connectivity index (χ4v) is 3.91. The number of rotatable bonds is 4. The summed E-state index contributed by atoms with van der Waals surface area (Å²) in [6.07, 6.45) is 7.78. The molecule has 1 amide bonds. The summed E-state index contributed by atoms with van der Waals surface area (Å²) in [6.45, 7) is 1.40.